The molecule has 3 heterocycles. The molecule has 3 unspecified atom stereocenters. The minimum absolute atomic E-state index is 0.0774. The zero-order valence-corrected chi connectivity index (χ0v) is 17.4. The van der Waals surface area contributed by atoms with Crippen molar-refractivity contribution in [3.05, 3.63) is 18.4 Å². The van der Waals surface area contributed by atoms with Gasteiger partial charge < -0.3 is 19.3 Å². The van der Waals surface area contributed by atoms with Gasteiger partial charge in [-0.05, 0) is 37.0 Å². The fraction of sp³-hybridized carbons (Fsp3) is 0.762. The number of hydrogen-bond donors (Lipinski definition) is 1. The van der Waals surface area contributed by atoms with Crippen LogP contribution >= 0.6 is 0 Å². The third-order valence-corrected chi connectivity index (χ3v) is 7.59. The fourth-order valence-electron chi connectivity index (χ4n) is 6.09. The van der Waals surface area contributed by atoms with Crippen LogP contribution in [0, 0.1) is 11.3 Å². The van der Waals surface area contributed by atoms with Crippen molar-refractivity contribution in [2.24, 2.45) is 11.3 Å². The monoisotopic (exact) mass is 404 g/mol. The Morgan fingerprint density at radius 3 is 2.66 bits per heavy atom. The van der Waals surface area contributed by atoms with Crippen LogP contribution in [0.4, 0.5) is 4.79 Å². The second-order valence-electron chi connectivity index (χ2n) is 8.98. The van der Waals surface area contributed by atoms with Crippen molar-refractivity contribution < 1.29 is 19.1 Å². The molecule has 8 nitrogen and oxygen atoms in total. The predicted molar refractivity (Wildman–Crippen MR) is 106 cm³/mol. The highest BCUT2D eigenvalue weighted by Crippen LogP contribution is 2.56. The molecule has 1 aromatic heterocycles. The first-order valence-corrected chi connectivity index (χ1v) is 10.8. The first kappa shape index (κ1) is 20.2. The van der Waals surface area contributed by atoms with Gasteiger partial charge in [-0.1, -0.05) is 13.3 Å². The molecule has 2 saturated heterocycles. The minimum atomic E-state index is -0.780. The van der Waals surface area contributed by atoms with Crippen molar-refractivity contribution in [3.8, 4) is 0 Å². The van der Waals surface area contributed by atoms with Gasteiger partial charge in [-0.2, -0.15) is 0 Å². The van der Waals surface area contributed by atoms with Crippen LogP contribution < -0.4 is 0 Å². The Balaban J connectivity index is 1.34. The molecule has 2 amide bonds. The van der Waals surface area contributed by atoms with E-state index in [1.807, 2.05) is 4.90 Å². The van der Waals surface area contributed by atoms with E-state index in [1.165, 1.54) is 6.39 Å². The van der Waals surface area contributed by atoms with Crippen molar-refractivity contribution in [3.63, 3.8) is 0 Å². The van der Waals surface area contributed by atoms with E-state index in [2.05, 4.69) is 16.8 Å². The highest BCUT2D eigenvalue weighted by Gasteiger charge is 2.58. The first-order chi connectivity index (χ1) is 13.9. The van der Waals surface area contributed by atoms with Crippen molar-refractivity contribution in [2.75, 3.05) is 26.2 Å². The molecule has 8 heteroatoms. The topological polar surface area (TPSA) is 90.1 Å². The Kier molecular flexibility index (Phi) is 5.55. The summed E-state index contributed by atoms with van der Waals surface area (Å²) in [4.78, 5) is 33.6. The maximum atomic E-state index is 12.2. The standard InChI is InChI=1S/C21H32N4O4/c1-3-18-19(10-21(18)6-9-24(13-21)20(27)28)23-7-4-16(5-8-23)25(15(2)26)12-17-11-22-14-29-17/h11,14,16,18-19H,3-10,12-13H2,1-2H3,(H,27,28). The van der Waals surface area contributed by atoms with E-state index in [9.17, 15) is 14.7 Å². The van der Waals surface area contributed by atoms with E-state index in [0.717, 1.165) is 51.0 Å². The van der Waals surface area contributed by atoms with E-state index in [1.54, 1.807) is 18.0 Å². The van der Waals surface area contributed by atoms with E-state index in [-0.39, 0.29) is 17.4 Å². The third-order valence-electron chi connectivity index (χ3n) is 7.59. The number of rotatable bonds is 5. The summed E-state index contributed by atoms with van der Waals surface area (Å²) in [5.74, 6) is 1.37. The van der Waals surface area contributed by atoms with Crippen LogP contribution in [0.1, 0.15) is 51.7 Å². The summed E-state index contributed by atoms with van der Waals surface area (Å²) in [6, 6.07) is 0.784. The molecule has 29 heavy (non-hydrogen) atoms. The van der Waals surface area contributed by atoms with Crippen LogP contribution in [0.2, 0.25) is 0 Å². The molecular formula is C21H32N4O4. The van der Waals surface area contributed by atoms with Gasteiger partial charge >= 0.3 is 6.09 Å². The first-order valence-electron chi connectivity index (χ1n) is 10.8. The molecule has 2 aliphatic heterocycles. The second-order valence-corrected chi connectivity index (χ2v) is 8.98. The average molecular weight is 405 g/mol. The lowest BCUT2D eigenvalue weighted by molar-refractivity contribution is -0.134. The number of likely N-dealkylation sites (tertiary alicyclic amines) is 2. The third kappa shape index (κ3) is 3.74. The van der Waals surface area contributed by atoms with E-state index in [0.29, 0.717) is 31.6 Å². The van der Waals surface area contributed by atoms with Crippen LogP contribution in [0.25, 0.3) is 0 Å². The molecule has 3 atom stereocenters. The van der Waals surface area contributed by atoms with E-state index < -0.39 is 6.09 Å². The summed E-state index contributed by atoms with van der Waals surface area (Å²) in [6.45, 7) is 7.70. The summed E-state index contributed by atoms with van der Waals surface area (Å²) in [5, 5.41) is 9.33. The Morgan fingerprint density at radius 1 is 1.34 bits per heavy atom. The Labute approximate surface area is 171 Å². The molecule has 1 spiro atoms. The van der Waals surface area contributed by atoms with Crippen molar-refractivity contribution in [2.45, 2.75) is 64.6 Å². The molecule has 0 radical (unpaired) electrons. The maximum Gasteiger partial charge on any atom is 0.407 e. The number of amides is 2. The number of carbonyl (C=O) groups is 2. The highest BCUT2D eigenvalue weighted by molar-refractivity contribution is 5.73. The Morgan fingerprint density at radius 2 is 2.10 bits per heavy atom. The lowest BCUT2D eigenvalue weighted by Gasteiger charge is -2.58. The van der Waals surface area contributed by atoms with Gasteiger partial charge in [-0.15, -0.1) is 0 Å². The van der Waals surface area contributed by atoms with Crippen LogP contribution in [-0.4, -0.2) is 75.1 Å². The van der Waals surface area contributed by atoms with Gasteiger partial charge in [0.05, 0.1) is 12.7 Å². The molecule has 0 bridgehead atoms. The average Bonchev–Trinajstić information content (AvgIpc) is 3.36. The smallest absolute Gasteiger partial charge is 0.407 e. The van der Waals surface area contributed by atoms with Crippen molar-refractivity contribution in [1.29, 1.82) is 0 Å². The number of carboxylic acid groups (broad SMARTS) is 1. The van der Waals surface area contributed by atoms with E-state index in [4.69, 9.17) is 4.42 Å². The quantitative estimate of drug-likeness (QED) is 0.811. The van der Waals surface area contributed by atoms with Gasteiger partial charge in [-0.3, -0.25) is 9.69 Å². The van der Waals surface area contributed by atoms with Crippen LogP contribution in [0.5, 0.6) is 0 Å². The molecule has 1 N–H and O–H groups in total. The second kappa shape index (κ2) is 7.97. The van der Waals surface area contributed by atoms with Crippen LogP contribution in [0.15, 0.2) is 17.0 Å². The molecule has 1 aliphatic carbocycles. The molecule has 160 valence electrons. The van der Waals surface area contributed by atoms with Crippen molar-refractivity contribution >= 4 is 12.0 Å². The largest absolute Gasteiger partial charge is 0.465 e. The summed E-state index contributed by atoms with van der Waals surface area (Å²) in [5.41, 5.74) is 0.187. The Bertz CT molecular complexity index is 731. The zero-order chi connectivity index (χ0) is 20.6. The Hall–Kier alpha value is -2.09. The number of nitrogens with zero attached hydrogens (tertiary/aromatic N) is 4. The summed E-state index contributed by atoms with van der Waals surface area (Å²) < 4.78 is 5.34. The van der Waals surface area contributed by atoms with Gasteiger partial charge in [0.1, 0.15) is 5.76 Å². The number of oxazole rings is 1. The number of piperidine rings is 1. The molecule has 4 rings (SSSR count). The molecule has 1 aromatic rings. The summed E-state index contributed by atoms with van der Waals surface area (Å²) in [7, 11) is 0. The molecule has 1 saturated carbocycles. The van der Waals surface area contributed by atoms with E-state index >= 15 is 0 Å². The fourth-order valence-corrected chi connectivity index (χ4v) is 6.09. The maximum absolute atomic E-state index is 12.2. The lowest BCUT2D eigenvalue weighted by atomic mass is 9.54. The summed E-state index contributed by atoms with van der Waals surface area (Å²) in [6.07, 6.45) is 7.44. The predicted octanol–water partition coefficient (Wildman–Crippen LogP) is 2.66. The lowest BCUT2D eigenvalue weighted by Crippen LogP contribution is -2.62. The highest BCUT2D eigenvalue weighted by atomic mass is 16.4. The van der Waals surface area contributed by atoms with Crippen LogP contribution in [0.3, 0.4) is 0 Å². The van der Waals surface area contributed by atoms with Gasteiger partial charge in [0.2, 0.25) is 5.91 Å². The molecular weight excluding hydrogens is 372 g/mol. The summed E-state index contributed by atoms with van der Waals surface area (Å²) >= 11 is 0. The van der Waals surface area contributed by atoms with Gasteiger partial charge in [0.25, 0.3) is 0 Å². The normalized spacial score (nSPS) is 30.5. The zero-order valence-electron chi connectivity index (χ0n) is 17.4. The van der Waals surface area contributed by atoms with Crippen LogP contribution in [-0.2, 0) is 11.3 Å². The molecule has 0 aromatic carbocycles. The minimum Gasteiger partial charge on any atom is -0.465 e. The number of aromatic nitrogens is 1. The van der Waals surface area contributed by atoms with Crippen molar-refractivity contribution in [1.82, 2.24) is 19.7 Å². The van der Waals surface area contributed by atoms with Gasteiger partial charge in [0.15, 0.2) is 6.39 Å². The van der Waals surface area contributed by atoms with Gasteiger partial charge in [-0.25, -0.2) is 9.78 Å². The molecule has 3 aliphatic rings. The van der Waals surface area contributed by atoms with Gasteiger partial charge in [0, 0.05) is 45.2 Å². The number of hydrogen-bond acceptors (Lipinski definition) is 5. The SMILES string of the molecule is CCC1C(N2CCC(N(Cc3cnco3)C(C)=O)CC2)CC12CCN(C(=O)O)C2. The molecule has 3 fully saturated rings. The number of carbonyl (C=O) groups excluding carboxylic acids is 1.